The summed E-state index contributed by atoms with van der Waals surface area (Å²) < 4.78 is 5.35. The van der Waals surface area contributed by atoms with E-state index < -0.39 is 0 Å². The van der Waals surface area contributed by atoms with Crippen LogP contribution in [0.15, 0.2) is 54.7 Å². The number of halogens is 1. The van der Waals surface area contributed by atoms with E-state index >= 15 is 0 Å². The Balaban J connectivity index is 1.97. The summed E-state index contributed by atoms with van der Waals surface area (Å²) in [5.74, 6) is 0.694. The van der Waals surface area contributed by atoms with Gasteiger partial charge in [-0.25, -0.2) is 0 Å². The van der Waals surface area contributed by atoms with Crippen LogP contribution in [-0.4, -0.2) is 12.4 Å². The topological polar surface area (TPSA) is 38.3 Å². The third-order valence-electron chi connectivity index (χ3n) is 3.09. The number of aryl methyl sites for hydroxylation is 1. The minimum atomic E-state index is -0.0683. The van der Waals surface area contributed by atoms with Crippen molar-refractivity contribution in [1.29, 1.82) is 0 Å². The first-order valence-electron chi connectivity index (χ1n) is 7.06. The third-order valence-corrected chi connectivity index (χ3v) is 3.52. The van der Waals surface area contributed by atoms with Crippen molar-refractivity contribution in [2.75, 3.05) is 11.9 Å². The zero-order valence-corrected chi connectivity index (χ0v) is 13.4. The van der Waals surface area contributed by atoms with Gasteiger partial charge in [0.15, 0.2) is 5.78 Å². The van der Waals surface area contributed by atoms with Gasteiger partial charge in [0.1, 0.15) is 5.75 Å². The summed E-state index contributed by atoms with van der Waals surface area (Å²) >= 11 is 5.97. The highest BCUT2D eigenvalue weighted by Gasteiger charge is 2.02. The van der Waals surface area contributed by atoms with Gasteiger partial charge in [0.05, 0.1) is 6.61 Å². The Morgan fingerprint density at radius 2 is 1.95 bits per heavy atom. The first-order valence-corrected chi connectivity index (χ1v) is 7.44. The molecule has 0 aliphatic rings. The fraction of sp³-hybridized carbons (Fsp3) is 0.167. The Morgan fingerprint density at radius 3 is 2.59 bits per heavy atom. The second-order valence-corrected chi connectivity index (χ2v) is 5.17. The van der Waals surface area contributed by atoms with E-state index in [0.717, 1.165) is 22.0 Å². The number of carbonyl (C=O) groups excluding carboxylic acids is 1. The van der Waals surface area contributed by atoms with E-state index in [9.17, 15) is 4.79 Å². The van der Waals surface area contributed by atoms with E-state index in [1.807, 2.05) is 32.0 Å². The molecule has 0 radical (unpaired) electrons. The van der Waals surface area contributed by atoms with E-state index in [1.54, 1.807) is 30.5 Å². The Bertz CT molecular complexity index is 678. The predicted molar refractivity (Wildman–Crippen MR) is 90.9 cm³/mol. The van der Waals surface area contributed by atoms with Gasteiger partial charge in [-0.15, -0.1) is 0 Å². The van der Waals surface area contributed by atoms with Crippen molar-refractivity contribution in [2.45, 2.75) is 13.8 Å². The maximum Gasteiger partial charge on any atom is 0.187 e. The van der Waals surface area contributed by atoms with Gasteiger partial charge >= 0.3 is 0 Å². The van der Waals surface area contributed by atoms with Crippen LogP contribution in [0.3, 0.4) is 0 Å². The lowest BCUT2D eigenvalue weighted by molar-refractivity contribution is 0.104. The number of hydrogen-bond acceptors (Lipinski definition) is 3. The molecule has 0 spiro atoms. The molecule has 0 unspecified atom stereocenters. The number of hydrogen-bond donors (Lipinski definition) is 1. The summed E-state index contributed by atoms with van der Waals surface area (Å²) in [6, 6.07) is 12.7. The number of rotatable bonds is 6. The molecule has 2 aromatic carbocycles. The second kappa shape index (κ2) is 7.66. The van der Waals surface area contributed by atoms with Crippen LogP contribution >= 0.6 is 11.6 Å². The van der Waals surface area contributed by atoms with Crippen LogP contribution < -0.4 is 10.1 Å². The fourth-order valence-electron chi connectivity index (χ4n) is 1.93. The van der Waals surface area contributed by atoms with Gasteiger partial charge in [0, 0.05) is 28.5 Å². The molecule has 0 bridgehead atoms. The number of allylic oxidation sites excluding steroid dienone is 1. The molecule has 22 heavy (non-hydrogen) atoms. The molecule has 2 rings (SSSR count). The maximum absolute atomic E-state index is 12.0. The van der Waals surface area contributed by atoms with Crippen molar-refractivity contribution in [3.05, 3.63) is 70.9 Å². The van der Waals surface area contributed by atoms with Crippen LogP contribution in [0.5, 0.6) is 5.75 Å². The van der Waals surface area contributed by atoms with Gasteiger partial charge < -0.3 is 10.1 Å². The number of benzene rings is 2. The first-order chi connectivity index (χ1) is 10.6. The van der Waals surface area contributed by atoms with Crippen molar-refractivity contribution < 1.29 is 9.53 Å². The standard InChI is InChI=1S/C18H18ClNO2/c1-3-22-16-7-4-14(5-8-16)18(21)10-11-20-15-6-9-17(19)13(2)12-15/h4-12,20H,3H2,1-2H3/b11-10+. The van der Waals surface area contributed by atoms with Gasteiger partial charge in [-0.2, -0.15) is 0 Å². The Labute approximate surface area is 135 Å². The van der Waals surface area contributed by atoms with E-state index in [0.29, 0.717) is 12.2 Å². The summed E-state index contributed by atoms with van der Waals surface area (Å²) in [7, 11) is 0. The molecule has 0 amide bonds. The SMILES string of the molecule is CCOc1ccc(C(=O)/C=C/Nc2ccc(Cl)c(C)c2)cc1. The van der Waals surface area contributed by atoms with Gasteiger partial charge in [-0.05, 0) is 61.9 Å². The largest absolute Gasteiger partial charge is 0.494 e. The molecule has 114 valence electrons. The molecule has 0 heterocycles. The zero-order valence-electron chi connectivity index (χ0n) is 12.6. The number of ether oxygens (including phenoxy) is 1. The highest BCUT2D eigenvalue weighted by Crippen LogP contribution is 2.19. The van der Waals surface area contributed by atoms with E-state index in [-0.39, 0.29) is 5.78 Å². The van der Waals surface area contributed by atoms with Crippen molar-refractivity contribution in [1.82, 2.24) is 0 Å². The van der Waals surface area contributed by atoms with Crippen LogP contribution in [0.2, 0.25) is 5.02 Å². The molecule has 2 aromatic rings. The molecule has 0 aliphatic heterocycles. The maximum atomic E-state index is 12.0. The second-order valence-electron chi connectivity index (χ2n) is 4.76. The minimum Gasteiger partial charge on any atom is -0.494 e. The van der Waals surface area contributed by atoms with E-state index in [2.05, 4.69) is 5.32 Å². The van der Waals surface area contributed by atoms with Crippen molar-refractivity contribution >= 4 is 23.1 Å². The molecule has 0 aliphatic carbocycles. The van der Waals surface area contributed by atoms with Crippen molar-refractivity contribution in [3.63, 3.8) is 0 Å². The smallest absolute Gasteiger partial charge is 0.187 e. The molecule has 4 heteroatoms. The Hall–Kier alpha value is -2.26. The molecular weight excluding hydrogens is 298 g/mol. The number of anilines is 1. The lowest BCUT2D eigenvalue weighted by Gasteiger charge is -2.04. The molecule has 0 saturated carbocycles. The Kier molecular flexibility index (Phi) is 5.61. The summed E-state index contributed by atoms with van der Waals surface area (Å²) in [6.07, 6.45) is 3.13. The molecular formula is C18H18ClNO2. The fourth-order valence-corrected chi connectivity index (χ4v) is 2.04. The van der Waals surface area contributed by atoms with Gasteiger partial charge in [-0.1, -0.05) is 11.6 Å². The molecule has 0 saturated heterocycles. The monoisotopic (exact) mass is 315 g/mol. The first kappa shape index (κ1) is 16.1. The molecule has 0 aromatic heterocycles. The van der Waals surface area contributed by atoms with Crippen LogP contribution in [0, 0.1) is 6.92 Å². The average molecular weight is 316 g/mol. The normalized spacial score (nSPS) is 10.7. The van der Waals surface area contributed by atoms with Crippen LogP contribution in [0.4, 0.5) is 5.69 Å². The summed E-state index contributed by atoms with van der Waals surface area (Å²) in [4.78, 5) is 12.0. The number of carbonyl (C=O) groups is 1. The average Bonchev–Trinajstić information content (AvgIpc) is 2.52. The lowest BCUT2D eigenvalue weighted by Crippen LogP contribution is -1.97. The van der Waals surface area contributed by atoms with Gasteiger partial charge in [0.25, 0.3) is 0 Å². The number of ketones is 1. The summed E-state index contributed by atoms with van der Waals surface area (Å²) in [5, 5.41) is 3.78. The predicted octanol–water partition coefficient (Wildman–Crippen LogP) is 4.86. The molecule has 0 fully saturated rings. The van der Waals surface area contributed by atoms with Gasteiger partial charge in [0.2, 0.25) is 0 Å². The summed E-state index contributed by atoms with van der Waals surface area (Å²) in [6.45, 7) is 4.46. The Morgan fingerprint density at radius 1 is 1.23 bits per heavy atom. The molecule has 0 atom stereocenters. The summed E-state index contributed by atoms with van der Waals surface area (Å²) in [5.41, 5.74) is 2.49. The minimum absolute atomic E-state index is 0.0683. The molecule has 1 N–H and O–H groups in total. The highest BCUT2D eigenvalue weighted by atomic mass is 35.5. The van der Waals surface area contributed by atoms with Crippen LogP contribution in [0.25, 0.3) is 0 Å². The number of nitrogens with one attached hydrogen (secondary N) is 1. The highest BCUT2D eigenvalue weighted by molar-refractivity contribution is 6.31. The third kappa shape index (κ3) is 4.37. The van der Waals surface area contributed by atoms with Crippen molar-refractivity contribution in [3.8, 4) is 5.75 Å². The van der Waals surface area contributed by atoms with Crippen molar-refractivity contribution in [2.24, 2.45) is 0 Å². The quantitative estimate of drug-likeness (QED) is 0.611. The van der Waals surface area contributed by atoms with E-state index in [4.69, 9.17) is 16.3 Å². The zero-order chi connectivity index (χ0) is 15.9. The van der Waals surface area contributed by atoms with E-state index in [1.165, 1.54) is 6.08 Å². The molecule has 3 nitrogen and oxygen atoms in total. The van der Waals surface area contributed by atoms with Crippen LogP contribution in [-0.2, 0) is 0 Å². The lowest BCUT2D eigenvalue weighted by atomic mass is 10.1. The van der Waals surface area contributed by atoms with Gasteiger partial charge in [-0.3, -0.25) is 4.79 Å². The van der Waals surface area contributed by atoms with Crippen LogP contribution in [0.1, 0.15) is 22.8 Å².